The van der Waals surface area contributed by atoms with E-state index in [1.165, 1.54) is 0 Å². The molecule has 10 heteroatoms. The van der Waals surface area contributed by atoms with E-state index >= 15 is 0 Å². The molecule has 1 aromatic heterocycles. The summed E-state index contributed by atoms with van der Waals surface area (Å²) in [5, 5.41) is 5.17. The van der Waals surface area contributed by atoms with Crippen molar-refractivity contribution >= 4 is 27.4 Å². The zero-order chi connectivity index (χ0) is 26.1. The zero-order valence-electron chi connectivity index (χ0n) is 21.7. The first-order valence-corrected chi connectivity index (χ1v) is 14.2. The number of benzene rings is 1. The van der Waals surface area contributed by atoms with Crippen molar-refractivity contribution < 1.29 is 17.9 Å². The fraction of sp³-hybridized carbons (Fsp3) is 0.577. The van der Waals surface area contributed by atoms with Crippen LogP contribution in [0.15, 0.2) is 30.3 Å². The maximum atomic E-state index is 13.3. The van der Waals surface area contributed by atoms with Gasteiger partial charge in [-0.05, 0) is 63.8 Å². The molecule has 0 bridgehead atoms. The summed E-state index contributed by atoms with van der Waals surface area (Å²) in [5.41, 5.74) is 1.97. The number of ether oxygens (including phenoxy) is 1. The lowest BCUT2D eigenvalue weighted by Gasteiger charge is -2.35. The molecule has 1 aliphatic carbocycles. The predicted octanol–water partition coefficient (Wildman–Crippen LogP) is 3.96. The lowest BCUT2D eigenvalue weighted by molar-refractivity contribution is 0.0985. The molecule has 1 aromatic carbocycles. The van der Waals surface area contributed by atoms with Gasteiger partial charge in [-0.1, -0.05) is 13.8 Å². The number of nitrogens with one attached hydrogen (secondary N) is 2. The number of hydrogen-bond acceptors (Lipinski definition) is 7. The van der Waals surface area contributed by atoms with Gasteiger partial charge in [0.25, 0.3) is 0 Å². The van der Waals surface area contributed by atoms with Crippen molar-refractivity contribution in [1.29, 1.82) is 0 Å². The first-order chi connectivity index (χ1) is 17.0. The average Bonchev–Trinajstić information content (AvgIpc) is 3.66. The molecule has 1 atom stereocenters. The molecule has 0 radical (unpaired) electrons. The summed E-state index contributed by atoms with van der Waals surface area (Å²) in [5.74, 6) is 1.55. The van der Waals surface area contributed by atoms with Gasteiger partial charge in [-0.25, -0.2) is 23.2 Å². The lowest BCUT2D eigenvalue weighted by Crippen LogP contribution is -2.44. The molecule has 2 aromatic rings. The second kappa shape index (κ2) is 10.3. The number of carbonyl (C=O) groups is 1. The monoisotopic (exact) mass is 515 g/mol. The molecule has 1 aliphatic heterocycles. The van der Waals surface area contributed by atoms with Crippen LogP contribution in [0.1, 0.15) is 53.2 Å². The fourth-order valence-corrected chi connectivity index (χ4v) is 6.41. The van der Waals surface area contributed by atoms with Crippen molar-refractivity contribution in [3.63, 3.8) is 0 Å². The van der Waals surface area contributed by atoms with Crippen LogP contribution in [0.5, 0.6) is 0 Å². The lowest BCUT2D eigenvalue weighted by atomic mass is 10.1. The smallest absolute Gasteiger partial charge is 0.319 e. The molecule has 2 heterocycles. The first-order valence-electron chi connectivity index (χ1n) is 12.7. The summed E-state index contributed by atoms with van der Waals surface area (Å²) in [6.45, 7) is 12.0. The molecule has 1 saturated carbocycles. The highest BCUT2D eigenvalue weighted by Gasteiger charge is 2.58. The third-order valence-corrected chi connectivity index (χ3v) is 9.73. The molecule has 196 valence electrons. The largest absolute Gasteiger partial charge is 0.377 e. The van der Waals surface area contributed by atoms with E-state index in [4.69, 9.17) is 14.7 Å². The van der Waals surface area contributed by atoms with Gasteiger partial charge in [-0.2, -0.15) is 0 Å². The summed E-state index contributed by atoms with van der Waals surface area (Å²) in [6, 6.07) is 9.01. The van der Waals surface area contributed by atoms with Crippen LogP contribution in [-0.4, -0.2) is 62.0 Å². The number of aromatic nitrogens is 2. The third-order valence-electron chi connectivity index (χ3n) is 6.78. The highest BCUT2D eigenvalue weighted by molar-refractivity contribution is 7.93. The molecular weight excluding hydrogens is 478 g/mol. The third kappa shape index (κ3) is 5.34. The maximum Gasteiger partial charge on any atom is 0.319 e. The Morgan fingerprint density at radius 2 is 1.86 bits per heavy atom. The highest BCUT2D eigenvalue weighted by Crippen LogP contribution is 2.54. The molecule has 2 fully saturated rings. The van der Waals surface area contributed by atoms with E-state index in [1.807, 2.05) is 32.0 Å². The average molecular weight is 516 g/mol. The summed E-state index contributed by atoms with van der Waals surface area (Å²) in [6.07, 6.45) is 1.13. The number of rotatable bonds is 8. The molecule has 2 amide bonds. The van der Waals surface area contributed by atoms with E-state index in [2.05, 4.69) is 22.5 Å². The minimum Gasteiger partial charge on any atom is -0.377 e. The molecular formula is C26H37N5O4S. The normalized spacial score (nSPS) is 19.4. The van der Waals surface area contributed by atoms with Gasteiger partial charge in [-0.3, -0.25) is 0 Å². The minimum atomic E-state index is -3.40. The molecule has 1 saturated heterocycles. The Kier molecular flexibility index (Phi) is 7.56. The van der Waals surface area contributed by atoms with Crippen LogP contribution in [-0.2, 0) is 19.3 Å². The van der Waals surface area contributed by atoms with E-state index in [0.717, 1.165) is 5.56 Å². The molecule has 0 unspecified atom stereocenters. The summed E-state index contributed by atoms with van der Waals surface area (Å²) < 4.78 is 31.3. The van der Waals surface area contributed by atoms with Crippen LogP contribution in [0.25, 0.3) is 11.4 Å². The van der Waals surface area contributed by atoms with Gasteiger partial charge >= 0.3 is 6.03 Å². The van der Waals surface area contributed by atoms with Crippen molar-refractivity contribution in [2.45, 2.75) is 63.5 Å². The predicted molar refractivity (Wildman–Crippen MR) is 142 cm³/mol. The van der Waals surface area contributed by atoms with Gasteiger partial charge in [0, 0.05) is 30.4 Å². The molecule has 36 heavy (non-hydrogen) atoms. The van der Waals surface area contributed by atoms with E-state index in [1.54, 1.807) is 26.0 Å². The van der Waals surface area contributed by atoms with Gasteiger partial charge in [0.05, 0.1) is 30.2 Å². The standard InChI is InChI=1S/C26H37N5O4S/c1-17(2)15-27-25(32)28-21-8-6-20(7-9-21)24-29-22(26(10-11-26)36(33,34)18(3)4)14-23(30-24)31-12-13-35-16-19(31)5/h6-9,14,17-19H,10-13,15-16H2,1-5H3,(H2,27,28,32)/t19-/m0/s1. The first kappa shape index (κ1) is 26.3. The topological polar surface area (TPSA) is 114 Å². The van der Waals surface area contributed by atoms with Crippen LogP contribution >= 0.6 is 0 Å². The maximum absolute atomic E-state index is 13.3. The van der Waals surface area contributed by atoms with Gasteiger partial charge in [0.15, 0.2) is 15.7 Å². The van der Waals surface area contributed by atoms with E-state index in [9.17, 15) is 13.2 Å². The summed E-state index contributed by atoms with van der Waals surface area (Å²) in [7, 11) is -3.40. The highest BCUT2D eigenvalue weighted by atomic mass is 32.2. The second-order valence-corrected chi connectivity index (χ2v) is 13.3. The van der Waals surface area contributed by atoms with Crippen molar-refractivity contribution in [1.82, 2.24) is 15.3 Å². The fourth-order valence-electron chi connectivity index (χ4n) is 4.44. The number of anilines is 2. The van der Waals surface area contributed by atoms with Gasteiger partial charge < -0.3 is 20.3 Å². The molecule has 2 N–H and O–H groups in total. The Labute approximate surface area is 214 Å². The van der Waals surface area contributed by atoms with Gasteiger partial charge in [0.1, 0.15) is 10.6 Å². The van der Waals surface area contributed by atoms with Crippen LogP contribution in [0.4, 0.5) is 16.3 Å². The number of urea groups is 1. The number of sulfone groups is 1. The van der Waals surface area contributed by atoms with Crippen LogP contribution in [0.2, 0.25) is 0 Å². The SMILES string of the molecule is CC(C)CNC(=O)Nc1ccc(-c2nc(N3CCOC[C@@H]3C)cc(C3(S(=O)(=O)C(C)C)CC3)n2)cc1. The van der Waals surface area contributed by atoms with Crippen LogP contribution in [0.3, 0.4) is 0 Å². The Balaban J connectivity index is 1.68. The number of hydrogen-bond donors (Lipinski definition) is 2. The quantitative estimate of drug-likeness (QED) is 0.547. The van der Waals surface area contributed by atoms with E-state index in [0.29, 0.717) is 68.1 Å². The van der Waals surface area contributed by atoms with Crippen molar-refractivity contribution in [2.75, 3.05) is 36.5 Å². The van der Waals surface area contributed by atoms with E-state index in [-0.39, 0.29) is 12.1 Å². The zero-order valence-corrected chi connectivity index (χ0v) is 22.6. The molecule has 0 spiro atoms. The number of carbonyl (C=O) groups excluding carboxylic acids is 1. The van der Waals surface area contributed by atoms with Crippen LogP contribution in [0, 0.1) is 5.92 Å². The van der Waals surface area contributed by atoms with Gasteiger partial charge in [0.2, 0.25) is 0 Å². The van der Waals surface area contributed by atoms with Crippen molar-refractivity contribution in [3.8, 4) is 11.4 Å². The number of morpholine rings is 1. The summed E-state index contributed by atoms with van der Waals surface area (Å²) >= 11 is 0. The Hall–Kier alpha value is -2.72. The molecule has 4 rings (SSSR count). The second-order valence-electron chi connectivity index (χ2n) is 10.4. The van der Waals surface area contributed by atoms with Gasteiger partial charge in [-0.15, -0.1) is 0 Å². The van der Waals surface area contributed by atoms with E-state index < -0.39 is 19.8 Å². The summed E-state index contributed by atoms with van der Waals surface area (Å²) in [4.78, 5) is 23.9. The van der Waals surface area contributed by atoms with Crippen LogP contribution < -0.4 is 15.5 Å². The molecule has 9 nitrogen and oxygen atoms in total. The number of amides is 2. The number of nitrogens with zero attached hydrogens (tertiary/aromatic N) is 3. The Morgan fingerprint density at radius 3 is 2.44 bits per heavy atom. The van der Waals surface area contributed by atoms with Crippen molar-refractivity contribution in [3.05, 3.63) is 36.0 Å². The Morgan fingerprint density at radius 1 is 1.17 bits per heavy atom. The minimum absolute atomic E-state index is 0.113. The molecule has 2 aliphatic rings. The Bertz CT molecular complexity index is 1190. The van der Waals surface area contributed by atoms with Crippen molar-refractivity contribution in [2.24, 2.45) is 5.92 Å².